The normalized spacial score (nSPS) is 24.7. The molecule has 1 unspecified atom stereocenters. The standard InChI is InChI=1S/C27H29F3N2O2.ClH/c1-3-16-15-32-11-10-17(16)12-25(32)26(33)21-14-24(19-6-4-5-7-22(19)27(28,29)30)31-23-9-8-18(34-2)13-20(21)23;/h4-9,13-14,16-17,25-26,33H,3,10-12,15H2,1-2H3;1H/t16-,17-,25-,26+;/m0./s1. The van der Waals surface area contributed by atoms with Crippen molar-refractivity contribution < 1.29 is 23.0 Å². The lowest BCUT2D eigenvalue weighted by molar-refractivity contribution is -0.137. The molecular formula is C27H30ClF3N2O2. The van der Waals surface area contributed by atoms with Crippen molar-refractivity contribution in [1.29, 1.82) is 0 Å². The van der Waals surface area contributed by atoms with Gasteiger partial charge in [0.25, 0.3) is 0 Å². The number of aliphatic hydroxyl groups excluding tert-OH is 1. The van der Waals surface area contributed by atoms with Crippen LogP contribution in [0.3, 0.4) is 0 Å². The SMILES string of the molecule is CC[C@H]1CN2CC[C@H]1C[C@H]2[C@H](O)c1cc(-c2ccccc2C(F)(F)F)nc2ccc(OC)cc12.Cl. The van der Waals surface area contributed by atoms with E-state index in [9.17, 15) is 18.3 Å². The second-order valence-electron chi connectivity index (χ2n) is 9.48. The van der Waals surface area contributed by atoms with E-state index >= 15 is 0 Å². The van der Waals surface area contributed by atoms with Crippen LogP contribution in [0.5, 0.6) is 5.75 Å². The van der Waals surface area contributed by atoms with E-state index in [4.69, 9.17) is 4.74 Å². The van der Waals surface area contributed by atoms with Gasteiger partial charge in [0.05, 0.1) is 30.0 Å². The van der Waals surface area contributed by atoms with Crippen LogP contribution < -0.4 is 4.74 Å². The topological polar surface area (TPSA) is 45.6 Å². The zero-order valence-electron chi connectivity index (χ0n) is 19.8. The molecule has 8 heteroatoms. The minimum absolute atomic E-state index is 0. The van der Waals surface area contributed by atoms with Gasteiger partial charge in [0, 0.05) is 23.5 Å². The molecule has 4 nitrogen and oxygen atoms in total. The first-order valence-corrected chi connectivity index (χ1v) is 11.9. The largest absolute Gasteiger partial charge is 0.497 e. The molecule has 1 aromatic heterocycles. The van der Waals surface area contributed by atoms with Gasteiger partial charge in [0.2, 0.25) is 0 Å². The van der Waals surface area contributed by atoms with Crippen LogP contribution in [-0.4, -0.2) is 41.2 Å². The van der Waals surface area contributed by atoms with Gasteiger partial charge in [-0.2, -0.15) is 13.2 Å². The van der Waals surface area contributed by atoms with Crippen molar-refractivity contribution in [2.45, 2.75) is 44.5 Å². The van der Waals surface area contributed by atoms with Crippen molar-refractivity contribution >= 4 is 23.3 Å². The van der Waals surface area contributed by atoms with E-state index in [0.717, 1.165) is 38.4 Å². The van der Waals surface area contributed by atoms with Gasteiger partial charge >= 0.3 is 6.18 Å². The summed E-state index contributed by atoms with van der Waals surface area (Å²) in [4.78, 5) is 6.93. The van der Waals surface area contributed by atoms with Crippen LogP contribution in [0.4, 0.5) is 13.2 Å². The van der Waals surface area contributed by atoms with Gasteiger partial charge in [-0.3, -0.25) is 4.90 Å². The highest BCUT2D eigenvalue weighted by Gasteiger charge is 2.43. The van der Waals surface area contributed by atoms with E-state index in [1.165, 1.54) is 12.1 Å². The Hall–Kier alpha value is -2.35. The van der Waals surface area contributed by atoms with E-state index in [0.29, 0.717) is 34.1 Å². The summed E-state index contributed by atoms with van der Waals surface area (Å²) < 4.78 is 46.7. The number of hydrogen-bond acceptors (Lipinski definition) is 4. The first-order valence-electron chi connectivity index (χ1n) is 11.9. The van der Waals surface area contributed by atoms with Gasteiger partial charge in [-0.15, -0.1) is 12.4 Å². The molecule has 3 fully saturated rings. The Balaban J connectivity index is 0.00000289. The second-order valence-corrected chi connectivity index (χ2v) is 9.48. The molecule has 0 aliphatic carbocycles. The first-order chi connectivity index (χ1) is 16.3. The number of rotatable bonds is 5. The van der Waals surface area contributed by atoms with E-state index in [2.05, 4.69) is 16.8 Å². The monoisotopic (exact) mass is 506 g/mol. The Morgan fingerprint density at radius 3 is 2.60 bits per heavy atom. The summed E-state index contributed by atoms with van der Waals surface area (Å²) in [6.45, 7) is 4.11. The molecule has 35 heavy (non-hydrogen) atoms. The van der Waals surface area contributed by atoms with Crippen molar-refractivity contribution in [1.82, 2.24) is 9.88 Å². The van der Waals surface area contributed by atoms with Gasteiger partial charge in [-0.25, -0.2) is 4.98 Å². The van der Waals surface area contributed by atoms with E-state index < -0.39 is 17.8 Å². The smallest absolute Gasteiger partial charge is 0.417 e. The van der Waals surface area contributed by atoms with Crippen LogP contribution in [0.25, 0.3) is 22.2 Å². The number of piperidine rings is 3. The molecule has 0 radical (unpaired) electrons. The maximum atomic E-state index is 13.8. The van der Waals surface area contributed by atoms with Gasteiger partial charge in [-0.05, 0) is 67.1 Å². The molecule has 0 saturated carbocycles. The highest BCUT2D eigenvalue weighted by Crippen LogP contribution is 2.44. The molecule has 2 bridgehead atoms. The van der Waals surface area contributed by atoms with Gasteiger partial charge in [-0.1, -0.05) is 31.5 Å². The van der Waals surface area contributed by atoms with E-state index in [1.807, 2.05) is 6.07 Å². The third kappa shape index (κ3) is 4.74. The molecule has 0 amide bonds. The Labute approximate surface area is 209 Å². The minimum atomic E-state index is -4.50. The molecular weight excluding hydrogens is 477 g/mol. The van der Waals surface area contributed by atoms with E-state index in [1.54, 1.807) is 31.4 Å². The van der Waals surface area contributed by atoms with Crippen LogP contribution >= 0.6 is 12.4 Å². The highest BCUT2D eigenvalue weighted by molar-refractivity contribution is 5.87. The summed E-state index contributed by atoms with van der Waals surface area (Å²) in [5.41, 5.74) is 0.620. The van der Waals surface area contributed by atoms with E-state index in [-0.39, 0.29) is 29.7 Å². The van der Waals surface area contributed by atoms with Crippen LogP contribution in [-0.2, 0) is 6.18 Å². The lowest BCUT2D eigenvalue weighted by atomic mass is 9.72. The Kier molecular flexibility index (Phi) is 7.32. The first kappa shape index (κ1) is 25.7. The number of ether oxygens (including phenoxy) is 1. The van der Waals surface area contributed by atoms with Crippen LogP contribution in [0.2, 0.25) is 0 Å². The third-order valence-electron chi connectivity index (χ3n) is 7.70. The minimum Gasteiger partial charge on any atom is -0.497 e. The molecule has 0 spiro atoms. The molecule has 3 aliphatic rings. The number of methoxy groups -OCH3 is 1. The quantitative estimate of drug-likeness (QED) is 0.429. The molecule has 3 saturated heterocycles. The summed E-state index contributed by atoms with van der Waals surface area (Å²) >= 11 is 0. The molecule has 2 aromatic carbocycles. The Morgan fingerprint density at radius 1 is 1.17 bits per heavy atom. The summed E-state index contributed by atoms with van der Waals surface area (Å²) in [7, 11) is 1.56. The van der Waals surface area contributed by atoms with Crippen molar-refractivity contribution in [3.63, 3.8) is 0 Å². The average molecular weight is 507 g/mol. The number of hydrogen-bond donors (Lipinski definition) is 1. The fraction of sp³-hybridized carbons (Fsp3) is 0.444. The summed E-state index contributed by atoms with van der Waals surface area (Å²) in [5.74, 6) is 1.83. The number of nitrogens with zero attached hydrogens (tertiary/aromatic N) is 2. The summed E-state index contributed by atoms with van der Waals surface area (Å²) in [5, 5.41) is 12.4. The predicted molar refractivity (Wildman–Crippen MR) is 133 cm³/mol. The molecule has 4 heterocycles. The Morgan fingerprint density at radius 2 is 1.94 bits per heavy atom. The maximum Gasteiger partial charge on any atom is 0.417 e. The average Bonchev–Trinajstić information content (AvgIpc) is 2.86. The zero-order valence-corrected chi connectivity index (χ0v) is 20.6. The number of aromatic nitrogens is 1. The highest BCUT2D eigenvalue weighted by atomic mass is 35.5. The number of pyridine rings is 1. The number of alkyl halides is 3. The molecule has 1 N–H and O–H groups in total. The lowest BCUT2D eigenvalue weighted by Gasteiger charge is -2.51. The lowest BCUT2D eigenvalue weighted by Crippen LogP contribution is -2.55. The fourth-order valence-electron chi connectivity index (χ4n) is 5.87. The summed E-state index contributed by atoms with van der Waals surface area (Å²) in [6.07, 6.45) is -2.19. The molecule has 3 aliphatic heterocycles. The van der Waals surface area contributed by atoms with Crippen LogP contribution in [0.15, 0.2) is 48.5 Å². The number of benzene rings is 2. The van der Waals surface area contributed by atoms with Crippen molar-refractivity contribution in [3.8, 4) is 17.0 Å². The predicted octanol–water partition coefficient (Wildman–Crippen LogP) is 6.50. The number of fused-ring (bicyclic) bond motifs is 4. The van der Waals surface area contributed by atoms with Gasteiger partial charge in [0.1, 0.15) is 5.75 Å². The van der Waals surface area contributed by atoms with Gasteiger partial charge < -0.3 is 9.84 Å². The third-order valence-corrected chi connectivity index (χ3v) is 7.70. The van der Waals surface area contributed by atoms with Gasteiger partial charge in [0.15, 0.2) is 0 Å². The molecule has 5 atom stereocenters. The summed E-state index contributed by atoms with van der Waals surface area (Å²) in [6, 6.07) is 12.3. The zero-order chi connectivity index (χ0) is 24.0. The maximum absolute atomic E-state index is 13.8. The van der Waals surface area contributed by atoms with Crippen LogP contribution in [0, 0.1) is 11.8 Å². The van der Waals surface area contributed by atoms with Crippen molar-refractivity contribution in [3.05, 3.63) is 59.7 Å². The number of halogens is 4. The fourth-order valence-corrected chi connectivity index (χ4v) is 5.87. The number of aliphatic hydroxyl groups is 1. The van der Waals surface area contributed by atoms with Crippen LogP contribution in [0.1, 0.15) is 43.4 Å². The molecule has 6 rings (SSSR count). The second kappa shape index (κ2) is 9.96. The molecule has 188 valence electrons. The Bertz CT molecular complexity index is 1200. The van der Waals surface area contributed by atoms with Crippen molar-refractivity contribution in [2.24, 2.45) is 11.8 Å². The van der Waals surface area contributed by atoms with Crippen molar-refractivity contribution in [2.75, 3.05) is 20.2 Å². The molecule has 3 aromatic rings.